The Morgan fingerprint density at radius 2 is 1.86 bits per heavy atom. The quantitative estimate of drug-likeness (QED) is 0.336. The number of hydrogen-bond acceptors (Lipinski definition) is 5. The normalized spacial score (nSPS) is 18.1. The van der Waals surface area contributed by atoms with Crippen molar-refractivity contribution in [2.75, 3.05) is 5.75 Å². The molecule has 3 heterocycles. The zero-order valence-corrected chi connectivity index (χ0v) is 20.7. The van der Waals surface area contributed by atoms with Gasteiger partial charge in [0.15, 0.2) is 5.78 Å². The highest BCUT2D eigenvalue weighted by Gasteiger charge is 2.44. The molecule has 2 aromatic carbocycles. The molecule has 0 aliphatic carbocycles. The molecule has 1 N–H and O–H groups in total. The van der Waals surface area contributed by atoms with Crippen molar-refractivity contribution in [1.82, 2.24) is 14.9 Å². The number of thioether (sulfide) groups is 1. The molecular weight excluding hydrogens is 458 g/mol. The second kappa shape index (κ2) is 9.23. The predicted octanol–water partition coefficient (Wildman–Crippen LogP) is 6.46. The molecule has 0 radical (unpaired) electrons. The minimum atomic E-state index is -0.675. The van der Waals surface area contributed by atoms with Crippen molar-refractivity contribution in [3.63, 3.8) is 0 Å². The van der Waals surface area contributed by atoms with E-state index < -0.39 is 17.7 Å². The molecule has 35 heavy (non-hydrogen) atoms. The van der Waals surface area contributed by atoms with Gasteiger partial charge in [-0.25, -0.2) is 4.79 Å². The molecule has 1 unspecified atom stereocenters. The Labute approximate surface area is 208 Å². The van der Waals surface area contributed by atoms with Crippen LogP contribution in [0.15, 0.2) is 79.3 Å². The maximum Gasteiger partial charge on any atom is 0.412 e. The van der Waals surface area contributed by atoms with Crippen LogP contribution in [0.2, 0.25) is 0 Å². The number of aromatic amines is 1. The van der Waals surface area contributed by atoms with Gasteiger partial charge in [-0.15, -0.1) is 11.8 Å². The molecule has 2 atom stereocenters. The number of fused-ring (bicyclic) bond motifs is 1. The minimum absolute atomic E-state index is 0.103. The van der Waals surface area contributed by atoms with Crippen LogP contribution in [0.5, 0.6) is 0 Å². The number of hydrogen-bond donors (Lipinski definition) is 1. The van der Waals surface area contributed by atoms with Crippen molar-refractivity contribution in [3.05, 3.63) is 90.4 Å². The van der Waals surface area contributed by atoms with Crippen LogP contribution in [0.1, 0.15) is 42.1 Å². The number of pyridine rings is 1. The van der Waals surface area contributed by atoms with Gasteiger partial charge < -0.3 is 9.72 Å². The van der Waals surface area contributed by atoms with Gasteiger partial charge in [-0.1, -0.05) is 48.5 Å². The number of amides is 1. The molecular formula is C28H27N3O3S. The molecule has 4 aromatic rings. The fraction of sp³-hybridized carbons (Fsp3) is 0.250. The van der Waals surface area contributed by atoms with E-state index in [2.05, 4.69) is 28.2 Å². The number of rotatable bonds is 4. The van der Waals surface area contributed by atoms with E-state index in [-0.39, 0.29) is 11.2 Å². The lowest BCUT2D eigenvalue weighted by Crippen LogP contribution is -2.45. The monoisotopic (exact) mass is 485 g/mol. The topological polar surface area (TPSA) is 75.3 Å². The summed E-state index contributed by atoms with van der Waals surface area (Å²) in [5.74, 6) is 0.375. The molecule has 5 rings (SSSR count). The minimum Gasteiger partial charge on any atom is -0.444 e. The highest BCUT2D eigenvalue weighted by molar-refractivity contribution is 7.99. The first kappa shape index (κ1) is 23.2. The first-order valence-corrected chi connectivity index (χ1v) is 12.6. The summed E-state index contributed by atoms with van der Waals surface area (Å²) in [5.41, 5.74) is 3.83. The van der Waals surface area contributed by atoms with Crippen molar-refractivity contribution >= 4 is 34.5 Å². The zero-order chi connectivity index (χ0) is 24.6. The number of ether oxygens (including phenoxy) is 1. The summed E-state index contributed by atoms with van der Waals surface area (Å²) in [4.78, 5) is 36.2. The van der Waals surface area contributed by atoms with Gasteiger partial charge in [0.25, 0.3) is 0 Å². The van der Waals surface area contributed by atoms with E-state index in [1.165, 1.54) is 0 Å². The second-order valence-corrected chi connectivity index (χ2v) is 10.7. The van der Waals surface area contributed by atoms with Gasteiger partial charge in [0.05, 0.1) is 0 Å². The molecule has 7 heteroatoms. The van der Waals surface area contributed by atoms with Crippen molar-refractivity contribution in [3.8, 4) is 11.1 Å². The van der Waals surface area contributed by atoms with Crippen molar-refractivity contribution in [1.29, 1.82) is 0 Å². The number of carbonyl (C=O) groups is 2. The Kier molecular flexibility index (Phi) is 6.11. The number of nitrogens with one attached hydrogen (secondary N) is 1. The van der Waals surface area contributed by atoms with E-state index in [1.54, 1.807) is 35.3 Å². The number of ketones is 1. The average Bonchev–Trinajstić information content (AvgIpc) is 3.48. The number of nitrogens with zero attached hydrogens (tertiary/aromatic N) is 2. The highest BCUT2D eigenvalue weighted by atomic mass is 32.2. The summed E-state index contributed by atoms with van der Waals surface area (Å²) in [6.07, 6.45) is 4.68. The number of H-pyrrole nitrogens is 1. The van der Waals surface area contributed by atoms with Crippen LogP contribution in [-0.2, 0) is 4.74 Å². The third-order valence-corrected chi connectivity index (χ3v) is 7.25. The molecule has 2 aromatic heterocycles. The summed E-state index contributed by atoms with van der Waals surface area (Å²) in [5, 5.41) is 0.496. The van der Waals surface area contributed by atoms with Gasteiger partial charge in [-0.3, -0.25) is 14.7 Å². The van der Waals surface area contributed by atoms with E-state index in [0.717, 1.165) is 27.6 Å². The van der Waals surface area contributed by atoms with Crippen LogP contribution in [0, 0.1) is 0 Å². The first-order valence-electron chi connectivity index (χ1n) is 11.6. The van der Waals surface area contributed by atoms with E-state index in [0.29, 0.717) is 11.3 Å². The highest BCUT2D eigenvalue weighted by Crippen LogP contribution is 2.43. The summed E-state index contributed by atoms with van der Waals surface area (Å²) >= 11 is 1.55. The predicted molar refractivity (Wildman–Crippen MR) is 139 cm³/mol. The number of aromatic nitrogens is 2. The standard InChI is InChI=1S/C28H27N3O3S/c1-28(2,3)34-27(33)31-24(17-35-26(31)20-10-7-13-29-15-20)25(32)22-16-30-23-14-19(11-12-21(22)23)18-8-5-4-6-9-18/h4-16,24,26,30H,17H2,1-3H3/t24-,26?/m0/s1. The van der Waals surface area contributed by atoms with Gasteiger partial charge in [0, 0.05) is 46.4 Å². The van der Waals surface area contributed by atoms with Crippen molar-refractivity contribution in [2.24, 2.45) is 0 Å². The molecule has 0 saturated carbocycles. The second-order valence-electron chi connectivity index (χ2n) is 9.57. The Morgan fingerprint density at radius 1 is 1.06 bits per heavy atom. The fourth-order valence-electron chi connectivity index (χ4n) is 4.34. The van der Waals surface area contributed by atoms with Gasteiger partial charge in [0.1, 0.15) is 17.0 Å². The molecule has 178 valence electrons. The van der Waals surface area contributed by atoms with Gasteiger partial charge in [-0.05, 0) is 44.0 Å². The number of Topliss-reactive ketones (excluding diaryl/α,β-unsaturated/α-hetero) is 1. The fourth-order valence-corrected chi connectivity index (χ4v) is 5.75. The first-order chi connectivity index (χ1) is 16.8. The summed E-state index contributed by atoms with van der Waals surface area (Å²) in [7, 11) is 0. The van der Waals surface area contributed by atoms with Gasteiger partial charge >= 0.3 is 6.09 Å². The molecule has 0 bridgehead atoms. The van der Waals surface area contributed by atoms with E-state index >= 15 is 0 Å². The van der Waals surface area contributed by atoms with Crippen LogP contribution < -0.4 is 0 Å². The van der Waals surface area contributed by atoms with Gasteiger partial charge in [-0.2, -0.15) is 0 Å². The largest absolute Gasteiger partial charge is 0.444 e. The molecule has 1 aliphatic heterocycles. The lowest BCUT2D eigenvalue weighted by atomic mass is 10.00. The molecule has 0 spiro atoms. The van der Waals surface area contributed by atoms with Crippen molar-refractivity contribution < 1.29 is 14.3 Å². The van der Waals surface area contributed by atoms with Crippen LogP contribution in [0.3, 0.4) is 0 Å². The molecule has 1 amide bonds. The van der Waals surface area contributed by atoms with Gasteiger partial charge in [0.2, 0.25) is 0 Å². The lowest BCUT2D eigenvalue weighted by Gasteiger charge is -2.31. The summed E-state index contributed by atoms with van der Waals surface area (Å²) < 4.78 is 5.72. The summed E-state index contributed by atoms with van der Waals surface area (Å²) in [6.45, 7) is 5.48. The Hall–Kier alpha value is -3.58. The van der Waals surface area contributed by atoms with E-state index in [4.69, 9.17) is 4.74 Å². The van der Waals surface area contributed by atoms with Crippen molar-refractivity contribution in [2.45, 2.75) is 37.8 Å². The summed E-state index contributed by atoms with van der Waals surface area (Å²) in [6, 6.07) is 19.3. The maximum absolute atomic E-state index is 13.8. The Bertz CT molecular complexity index is 1360. The maximum atomic E-state index is 13.8. The molecule has 1 saturated heterocycles. The molecule has 6 nitrogen and oxygen atoms in total. The van der Waals surface area contributed by atoms with Crippen LogP contribution in [-0.4, -0.2) is 44.1 Å². The smallest absolute Gasteiger partial charge is 0.412 e. The van der Waals surface area contributed by atoms with Crippen LogP contribution >= 0.6 is 11.8 Å². The number of carbonyl (C=O) groups excluding carboxylic acids is 2. The van der Waals surface area contributed by atoms with E-state index in [1.807, 2.05) is 63.2 Å². The third kappa shape index (κ3) is 4.68. The zero-order valence-electron chi connectivity index (χ0n) is 19.9. The lowest BCUT2D eigenvalue weighted by molar-refractivity contribution is 0.0173. The SMILES string of the molecule is CC(C)(C)OC(=O)N1C(c2cccnc2)SC[C@H]1C(=O)c1c[nH]c2cc(-c3ccccc3)ccc12. The number of benzene rings is 2. The Balaban J connectivity index is 1.48. The molecule has 1 fully saturated rings. The average molecular weight is 486 g/mol. The van der Waals surface area contributed by atoms with E-state index in [9.17, 15) is 9.59 Å². The van der Waals surface area contributed by atoms with Crippen LogP contribution in [0.4, 0.5) is 4.79 Å². The van der Waals surface area contributed by atoms with Crippen LogP contribution in [0.25, 0.3) is 22.0 Å². The Morgan fingerprint density at radius 3 is 2.57 bits per heavy atom. The molecule has 1 aliphatic rings. The third-order valence-electron chi connectivity index (χ3n) is 5.93.